The zero-order chi connectivity index (χ0) is 14.1. The third-order valence-corrected chi connectivity index (χ3v) is 5.32. The van der Waals surface area contributed by atoms with E-state index in [1.54, 1.807) is 6.07 Å². The van der Waals surface area contributed by atoms with Gasteiger partial charge in [0.05, 0.1) is 5.69 Å². The molecule has 1 saturated heterocycles. The molecule has 1 atom stereocenters. The van der Waals surface area contributed by atoms with Crippen LogP contribution in [0.15, 0.2) is 16.6 Å². The molecule has 4 nitrogen and oxygen atoms in total. The highest BCUT2D eigenvalue weighted by Gasteiger charge is 2.36. The Labute approximate surface area is 152 Å². The molecule has 0 aromatic heterocycles. The van der Waals surface area contributed by atoms with Crippen molar-refractivity contribution in [2.45, 2.75) is 25.3 Å². The second-order valence-electron chi connectivity index (χ2n) is 5.82. The predicted molar refractivity (Wildman–Crippen MR) is 99.2 cm³/mol. The Hall–Kier alpha value is -0.200. The Morgan fingerprint density at radius 3 is 2.41 bits per heavy atom. The highest BCUT2D eigenvalue weighted by Crippen LogP contribution is 2.47. The lowest BCUT2D eigenvalue weighted by Crippen LogP contribution is -2.48. The maximum Gasteiger partial charge on any atom is 0.144 e. The summed E-state index contributed by atoms with van der Waals surface area (Å²) >= 11 is 3.61. The number of hydrogen-bond donors (Lipinski definition) is 3. The minimum Gasteiger partial charge on any atom is -0.505 e. The molecule has 126 valence electrons. The smallest absolute Gasteiger partial charge is 0.144 e. The van der Waals surface area contributed by atoms with Crippen molar-refractivity contribution in [1.82, 2.24) is 10.2 Å². The minimum atomic E-state index is 0. The number of nitrogens with zero attached hydrogens (tertiary/aromatic N) is 1. The highest BCUT2D eigenvalue weighted by atomic mass is 79.9. The van der Waals surface area contributed by atoms with E-state index in [4.69, 9.17) is 5.73 Å². The second-order valence-corrected chi connectivity index (χ2v) is 6.68. The molecular formula is C15H24BrCl2N3O. The first-order chi connectivity index (χ1) is 9.68. The van der Waals surface area contributed by atoms with Gasteiger partial charge in [-0.2, -0.15) is 0 Å². The van der Waals surface area contributed by atoms with E-state index in [1.165, 1.54) is 19.3 Å². The van der Waals surface area contributed by atoms with Gasteiger partial charge < -0.3 is 16.2 Å². The van der Waals surface area contributed by atoms with Gasteiger partial charge in [-0.3, -0.25) is 4.90 Å². The van der Waals surface area contributed by atoms with Crippen LogP contribution in [0.1, 0.15) is 30.9 Å². The number of hydrogen-bond acceptors (Lipinski definition) is 4. The van der Waals surface area contributed by atoms with Crippen molar-refractivity contribution < 1.29 is 5.11 Å². The van der Waals surface area contributed by atoms with Crippen LogP contribution in [0.4, 0.5) is 5.69 Å². The fourth-order valence-electron chi connectivity index (χ4n) is 3.31. The molecule has 7 heteroatoms. The second kappa shape index (κ2) is 8.60. The van der Waals surface area contributed by atoms with Gasteiger partial charge in [0.2, 0.25) is 0 Å². The van der Waals surface area contributed by atoms with Gasteiger partial charge >= 0.3 is 0 Å². The van der Waals surface area contributed by atoms with Crippen molar-refractivity contribution in [3.63, 3.8) is 0 Å². The molecule has 2 fully saturated rings. The fraction of sp³-hybridized carbons (Fsp3) is 0.600. The molecule has 0 unspecified atom stereocenters. The van der Waals surface area contributed by atoms with E-state index in [-0.39, 0.29) is 36.6 Å². The number of aromatic hydroxyl groups is 1. The molecule has 1 aromatic rings. The Balaban J connectivity index is 0.00000121. The Morgan fingerprint density at radius 1 is 1.23 bits per heavy atom. The summed E-state index contributed by atoms with van der Waals surface area (Å²) in [4.78, 5) is 2.50. The van der Waals surface area contributed by atoms with Crippen LogP contribution in [0.25, 0.3) is 0 Å². The summed E-state index contributed by atoms with van der Waals surface area (Å²) in [5.41, 5.74) is 7.37. The normalized spacial score (nSPS) is 20.4. The standard InChI is InChI=1S/C15H22BrN3O.2ClH/c16-11-4-5-12(17)15(20)13(11)14(10-2-1-3-10)19-8-6-18-7-9-19;;/h4-5,10,14,18,20H,1-3,6-9,17H2;2*1H/t14-;;/m0../s1. The molecule has 3 rings (SSSR count). The lowest BCUT2D eigenvalue weighted by Gasteiger charge is -2.43. The number of piperazine rings is 1. The van der Waals surface area contributed by atoms with Crippen molar-refractivity contribution in [2.24, 2.45) is 5.92 Å². The minimum absolute atomic E-state index is 0. The summed E-state index contributed by atoms with van der Waals surface area (Å²) in [7, 11) is 0. The monoisotopic (exact) mass is 411 g/mol. The van der Waals surface area contributed by atoms with Crippen LogP contribution in [0.3, 0.4) is 0 Å². The van der Waals surface area contributed by atoms with Crippen LogP contribution < -0.4 is 11.1 Å². The van der Waals surface area contributed by atoms with Crippen LogP contribution >= 0.6 is 40.7 Å². The lowest BCUT2D eigenvalue weighted by atomic mass is 9.76. The summed E-state index contributed by atoms with van der Waals surface area (Å²) in [6, 6.07) is 4.00. The van der Waals surface area contributed by atoms with Gasteiger partial charge in [0.25, 0.3) is 0 Å². The number of phenols is 1. The van der Waals surface area contributed by atoms with E-state index in [0.717, 1.165) is 36.2 Å². The van der Waals surface area contributed by atoms with Crippen molar-refractivity contribution in [3.05, 3.63) is 22.2 Å². The van der Waals surface area contributed by atoms with Crippen molar-refractivity contribution in [1.29, 1.82) is 0 Å². The summed E-state index contributed by atoms with van der Waals surface area (Å²) in [6.07, 6.45) is 3.79. The summed E-state index contributed by atoms with van der Waals surface area (Å²) < 4.78 is 0.972. The fourth-order valence-corrected chi connectivity index (χ4v) is 3.87. The van der Waals surface area contributed by atoms with E-state index in [0.29, 0.717) is 11.6 Å². The van der Waals surface area contributed by atoms with Crippen LogP contribution in [-0.2, 0) is 0 Å². The molecule has 2 aliphatic rings. The summed E-state index contributed by atoms with van der Waals surface area (Å²) in [6.45, 7) is 4.09. The molecule has 1 heterocycles. The average Bonchev–Trinajstić information content (AvgIpc) is 2.41. The predicted octanol–water partition coefficient (Wildman–Crippen LogP) is 3.33. The van der Waals surface area contributed by atoms with E-state index in [2.05, 4.69) is 26.1 Å². The quantitative estimate of drug-likeness (QED) is 0.526. The summed E-state index contributed by atoms with van der Waals surface area (Å²) in [5, 5.41) is 13.8. The molecular weight excluding hydrogens is 389 g/mol. The Bertz CT molecular complexity index is 494. The summed E-state index contributed by atoms with van der Waals surface area (Å²) in [5.74, 6) is 0.895. The van der Waals surface area contributed by atoms with Crippen molar-refractivity contribution in [3.8, 4) is 5.75 Å². The Morgan fingerprint density at radius 2 is 1.86 bits per heavy atom. The van der Waals surface area contributed by atoms with E-state index >= 15 is 0 Å². The van der Waals surface area contributed by atoms with Gasteiger partial charge in [0.15, 0.2) is 0 Å². The van der Waals surface area contributed by atoms with Crippen LogP contribution in [0.2, 0.25) is 0 Å². The number of nitrogens with one attached hydrogen (secondary N) is 1. The van der Waals surface area contributed by atoms with Gasteiger partial charge in [-0.05, 0) is 30.9 Å². The number of rotatable bonds is 3. The van der Waals surface area contributed by atoms with Crippen molar-refractivity contribution in [2.75, 3.05) is 31.9 Å². The van der Waals surface area contributed by atoms with Gasteiger partial charge in [0, 0.05) is 42.3 Å². The van der Waals surface area contributed by atoms with Gasteiger partial charge in [-0.25, -0.2) is 0 Å². The van der Waals surface area contributed by atoms with E-state index in [9.17, 15) is 5.11 Å². The number of halogens is 3. The average molecular weight is 413 g/mol. The first kappa shape index (κ1) is 19.8. The van der Waals surface area contributed by atoms with E-state index < -0.39 is 0 Å². The maximum atomic E-state index is 10.5. The number of benzene rings is 1. The molecule has 1 saturated carbocycles. The first-order valence-electron chi connectivity index (χ1n) is 7.40. The van der Waals surface area contributed by atoms with Crippen LogP contribution in [0.5, 0.6) is 5.75 Å². The maximum absolute atomic E-state index is 10.5. The number of nitrogens with two attached hydrogens (primary N) is 1. The molecule has 0 amide bonds. The van der Waals surface area contributed by atoms with Gasteiger partial charge in [-0.1, -0.05) is 22.4 Å². The molecule has 1 aliphatic carbocycles. The topological polar surface area (TPSA) is 61.5 Å². The van der Waals surface area contributed by atoms with Crippen molar-refractivity contribution >= 4 is 46.4 Å². The molecule has 0 radical (unpaired) electrons. The number of nitrogen functional groups attached to an aromatic ring is 1. The van der Waals surface area contributed by atoms with Crippen LogP contribution in [-0.4, -0.2) is 36.2 Å². The molecule has 22 heavy (non-hydrogen) atoms. The number of anilines is 1. The third-order valence-electron chi connectivity index (χ3n) is 4.63. The Kier molecular flexibility index (Phi) is 7.75. The molecule has 1 aliphatic heterocycles. The van der Waals surface area contributed by atoms with Crippen LogP contribution in [0, 0.1) is 5.92 Å². The number of phenolic OH excluding ortho intramolecular Hbond substituents is 1. The van der Waals surface area contributed by atoms with E-state index in [1.807, 2.05) is 6.07 Å². The van der Waals surface area contributed by atoms with Gasteiger partial charge in [0.1, 0.15) is 5.75 Å². The molecule has 4 N–H and O–H groups in total. The molecule has 0 spiro atoms. The SMILES string of the molecule is Cl.Cl.Nc1ccc(Br)c([C@H](C2CCC2)N2CCNCC2)c1O. The molecule has 1 aromatic carbocycles. The largest absolute Gasteiger partial charge is 0.505 e. The van der Waals surface area contributed by atoms with Gasteiger partial charge in [-0.15, -0.1) is 24.8 Å². The first-order valence-corrected chi connectivity index (χ1v) is 8.19. The lowest BCUT2D eigenvalue weighted by molar-refractivity contribution is 0.0815. The third kappa shape index (κ3) is 3.82. The molecule has 0 bridgehead atoms. The highest BCUT2D eigenvalue weighted by molar-refractivity contribution is 9.10. The zero-order valence-electron chi connectivity index (χ0n) is 12.4. The zero-order valence-corrected chi connectivity index (χ0v) is 15.6.